The zero-order valence-corrected chi connectivity index (χ0v) is 9.92. The summed E-state index contributed by atoms with van der Waals surface area (Å²) in [5.74, 6) is -0.104. The number of nitro groups is 1. The van der Waals surface area contributed by atoms with E-state index in [1.54, 1.807) is 12.1 Å². The number of carbonyl (C=O) groups is 1. The van der Waals surface area contributed by atoms with Crippen LogP contribution in [-0.2, 0) is 11.2 Å². The van der Waals surface area contributed by atoms with E-state index in [0.717, 1.165) is 15.6 Å². The highest BCUT2D eigenvalue weighted by atomic mass is 16.7. The van der Waals surface area contributed by atoms with E-state index < -0.39 is 5.03 Å². The van der Waals surface area contributed by atoms with E-state index in [9.17, 15) is 14.9 Å². The van der Waals surface area contributed by atoms with E-state index in [-0.39, 0.29) is 5.91 Å². The van der Waals surface area contributed by atoms with Gasteiger partial charge in [-0.05, 0) is 18.1 Å². The van der Waals surface area contributed by atoms with Crippen molar-refractivity contribution in [3.63, 3.8) is 0 Å². The lowest BCUT2D eigenvalue weighted by Gasteiger charge is -2.00. The standard InChI is InChI=1S/C12H13N3O3/c1-9(16)13-7-6-10-8-14(15(17)18)12-5-3-2-4-11(10)12/h2-5,8H,6-7H2,1H3,(H,13,16). The normalized spacial score (nSPS) is 10.5. The number of para-hydroxylation sites is 1. The summed E-state index contributed by atoms with van der Waals surface area (Å²) >= 11 is 0. The molecule has 2 rings (SSSR count). The van der Waals surface area contributed by atoms with Crippen molar-refractivity contribution in [1.29, 1.82) is 0 Å². The molecule has 1 N–H and O–H groups in total. The van der Waals surface area contributed by atoms with Crippen LogP contribution in [0.4, 0.5) is 0 Å². The van der Waals surface area contributed by atoms with Gasteiger partial charge in [-0.3, -0.25) is 4.79 Å². The van der Waals surface area contributed by atoms with Crippen molar-refractivity contribution in [3.05, 3.63) is 46.1 Å². The van der Waals surface area contributed by atoms with Gasteiger partial charge in [0, 0.05) is 18.9 Å². The Bertz CT molecular complexity index is 604. The SMILES string of the molecule is CC(=O)NCCc1cn([N+](=O)[O-])c2ccccc12. The van der Waals surface area contributed by atoms with Crippen LogP contribution in [0.5, 0.6) is 0 Å². The largest absolute Gasteiger partial charge is 0.356 e. The molecule has 1 amide bonds. The van der Waals surface area contributed by atoms with Crippen molar-refractivity contribution >= 4 is 16.8 Å². The third-order valence-electron chi connectivity index (χ3n) is 2.72. The molecule has 0 aliphatic carbocycles. The van der Waals surface area contributed by atoms with Gasteiger partial charge < -0.3 is 5.32 Å². The lowest BCUT2D eigenvalue weighted by Crippen LogP contribution is -2.22. The van der Waals surface area contributed by atoms with Gasteiger partial charge in [-0.25, -0.2) is 10.1 Å². The van der Waals surface area contributed by atoms with Crippen LogP contribution in [0.3, 0.4) is 0 Å². The molecule has 18 heavy (non-hydrogen) atoms. The van der Waals surface area contributed by atoms with Crippen molar-refractivity contribution in [2.45, 2.75) is 13.3 Å². The van der Waals surface area contributed by atoms with E-state index in [0.29, 0.717) is 18.5 Å². The van der Waals surface area contributed by atoms with Crippen LogP contribution >= 0.6 is 0 Å². The number of fused-ring (bicyclic) bond motifs is 1. The second-order valence-electron chi connectivity index (χ2n) is 3.99. The molecular formula is C12H13N3O3. The molecule has 0 saturated heterocycles. The van der Waals surface area contributed by atoms with Crippen molar-refractivity contribution in [3.8, 4) is 0 Å². The third kappa shape index (κ3) is 2.32. The van der Waals surface area contributed by atoms with Gasteiger partial charge in [-0.1, -0.05) is 22.9 Å². The molecule has 1 heterocycles. The Labute approximate surface area is 103 Å². The first-order valence-corrected chi connectivity index (χ1v) is 5.57. The quantitative estimate of drug-likeness (QED) is 0.654. The fourth-order valence-electron chi connectivity index (χ4n) is 1.94. The summed E-state index contributed by atoms with van der Waals surface area (Å²) in [6.07, 6.45) is 2.08. The first-order valence-electron chi connectivity index (χ1n) is 5.57. The van der Waals surface area contributed by atoms with Crippen molar-refractivity contribution in [2.24, 2.45) is 0 Å². The molecule has 0 atom stereocenters. The first-order chi connectivity index (χ1) is 8.59. The van der Waals surface area contributed by atoms with Gasteiger partial charge in [0.05, 0.1) is 6.20 Å². The van der Waals surface area contributed by atoms with Crippen LogP contribution in [-0.4, -0.2) is 22.2 Å². The van der Waals surface area contributed by atoms with Crippen molar-refractivity contribution in [1.82, 2.24) is 9.99 Å². The Morgan fingerprint density at radius 2 is 2.17 bits per heavy atom. The maximum atomic E-state index is 10.9. The van der Waals surface area contributed by atoms with Gasteiger partial charge in [-0.15, -0.1) is 0 Å². The molecule has 0 saturated carbocycles. The predicted octanol–water partition coefficient (Wildman–Crippen LogP) is 1.36. The number of benzene rings is 1. The summed E-state index contributed by atoms with van der Waals surface area (Å²) in [5, 5.41) is 14.0. The molecule has 0 bridgehead atoms. The molecule has 2 aromatic rings. The first kappa shape index (κ1) is 12.1. The average molecular weight is 247 g/mol. The van der Waals surface area contributed by atoms with Crippen LogP contribution in [0.25, 0.3) is 10.9 Å². The lowest BCUT2D eigenvalue weighted by molar-refractivity contribution is -0.537. The molecule has 0 fully saturated rings. The molecule has 6 heteroatoms. The number of carbonyl (C=O) groups excluding carboxylic acids is 1. The molecule has 1 aromatic carbocycles. The van der Waals surface area contributed by atoms with Gasteiger partial charge in [0.25, 0.3) is 0 Å². The van der Waals surface area contributed by atoms with Crippen LogP contribution in [0.2, 0.25) is 0 Å². The fourth-order valence-corrected chi connectivity index (χ4v) is 1.94. The Kier molecular flexibility index (Phi) is 3.27. The highest BCUT2D eigenvalue weighted by Gasteiger charge is 2.13. The Hall–Kier alpha value is -2.37. The molecule has 0 spiro atoms. The van der Waals surface area contributed by atoms with E-state index in [2.05, 4.69) is 5.32 Å². The molecule has 0 unspecified atom stereocenters. The molecule has 0 aliphatic heterocycles. The highest BCUT2D eigenvalue weighted by molar-refractivity contribution is 5.83. The molecule has 1 aromatic heterocycles. The third-order valence-corrected chi connectivity index (χ3v) is 2.72. The number of nitrogens with zero attached hydrogens (tertiary/aromatic N) is 2. The Morgan fingerprint density at radius 3 is 2.83 bits per heavy atom. The molecule has 0 aliphatic rings. The molecule has 94 valence electrons. The van der Waals surface area contributed by atoms with Crippen LogP contribution < -0.4 is 5.32 Å². The van der Waals surface area contributed by atoms with Crippen LogP contribution in [0.15, 0.2) is 30.5 Å². The monoisotopic (exact) mass is 247 g/mol. The predicted molar refractivity (Wildman–Crippen MR) is 66.7 cm³/mol. The topological polar surface area (TPSA) is 77.2 Å². The van der Waals surface area contributed by atoms with Gasteiger partial charge >= 0.3 is 0 Å². The summed E-state index contributed by atoms with van der Waals surface area (Å²) in [5.41, 5.74) is 1.43. The number of rotatable bonds is 4. The minimum Gasteiger partial charge on any atom is -0.356 e. The molecule has 6 nitrogen and oxygen atoms in total. The van der Waals surface area contributed by atoms with Gasteiger partial charge in [0.1, 0.15) is 5.52 Å². The lowest BCUT2D eigenvalue weighted by atomic mass is 10.1. The van der Waals surface area contributed by atoms with E-state index in [4.69, 9.17) is 0 Å². The number of amides is 1. The minimum atomic E-state index is -0.454. The van der Waals surface area contributed by atoms with Gasteiger partial charge in [-0.2, -0.15) is 0 Å². The van der Waals surface area contributed by atoms with E-state index in [1.807, 2.05) is 12.1 Å². The van der Waals surface area contributed by atoms with E-state index >= 15 is 0 Å². The zero-order chi connectivity index (χ0) is 13.1. The Balaban J connectivity index is 2.33. The number of nitrogens with one attached hydrogen (secondary N) is 1. The second kappa shape index (κ2) is 4.87. The minimum absolute atomic E-state index is 0.104. The van der Waals surface area contributed by atoms with Crippen molar-refractivity contribution in [2.75, 3.05) is 6.54 Å². The maximum absolute atomic E-state index is 10.9. The smallest absolute Gasteiger partial charge is 0.216 e. The van der Waals surface area contributed by atoms with Crippen molar-refractivity contribution < 1.29 is 9.83 Å². The zero-order valence-electron chi connectivity index (χ0n) is 9.92. The summed E-state index contributed by atoms with van der Waals surface area (Å²) in [6, 6.07) is 7.16. The molecular weight excluding hydrogens is 234 g/mol. The highest BCUT2D eigenvalue weighted by Crippen LogP contribution is 2.21. The number of hydrogen-bond donors (Lipinski definition) is 1. The summed E-state index contributed by atoms with van der Waals surface area (Å²) < 4.78 is 1.01. The van der Waals surface area contributed by atoms with Gasteiger partial charge in [0.2, 0.25) is 5.91 Å². The van der Waals surface area contributed by atoms with E-state index in [1.165, 1.54) is 13.1 Å². The maximum Gasteiger partial charge on any atom is 0.216 e. The molecule has 0 radical (unpaired) electrons. The Morgan fingerprint density at radius 1 is 1.44 bits per heavy atom. The van der Waals surface area contributed by atoms with Crippen LogP contribution in [0, 0.1) is 10.1 Å². The summed E-state index contributed by atoms with van der Waals surface area (Å²) in [7, 11) is 0. The second-order valence-corrected chi connectivity index (χ2v) is 3.99. The van der Waals surface area contributed by atoms with Crippen LogP contribution in [0.1, 0.15) is 12.5 Å². The summed E-state index contributed by atoms with van der Waals surface area (Å²) in [6.45, 7) is 1.92. The fraction of sp³-hybridized carbons (Fsp3) is 0.250. The number of aromatic nitrogens is 1. The number of hydrogen-bond acceptors (Lipinski definition) is 3. The van der Waals surface area contributed by atoms with Gasteiger partial charge in [0.15, 0.2) is 5.03 Å². The summed E-state index contributed by atoms with van der Waals surface area (Å²) in [4.78, 5) is 21.7. The average Bonchev–Trinajstić information content (AvgIpc) is 2.68.